The molecule has 0 aromatic heterocycles. The summed E-state index contributed by atoms with van der Waals surface area (Å²) >= 11 is 11.5. The van der Waals surface area contributed by atoms with E-state index in [1.165, 1.54) is 24.3 Å². The Labute approximate surface area is 237 Å². The van der Waals surface area contributed by atoms with Crippen LogP contribution in [0.5, 0.6) is 0 Å². The van der Waals surface area contributed by atoms with Gasteiger partial charge in [0.25, 0.3) is 5.60 Å². The Morgan fingerprint density at radius 1 is 1.02 bits per heavy atom. The molecule has 0 amide bonds. The zero-order chi connectivity index (χ0) is 28.9. The average molecular weight is 619 g/mol. The second kappa shape index (κ2) is 10.3. The molecule has 1 fully saturated rings. The lowest BCUT2D eigenvalue weighted by molar-refractivity contribution is -0.275. The molecule has 3 heterocycles. The van der Waals surface area contributed by atoms with Gasteiger partial charge < -0.3 is 19.4 Å². The van der Waals surface area contributed by atoms with Crippen LogP contribution in [0, 0.1) is 5.82 Å². The summed E-state index contributed by atoms with van der Waals surface area (Å²) in [6, 6.07) is 14.3. The van der Waals surface area contributed by atoms with Gasteiger partial charge in [-0.05, 0) is 47.0 Å². The van der Waals surface area contributed by atoms with Crippen LogP contribution >= 0.6 is 23.2 Å². The zero-order valence-corrected chi connectivity index (χ0v) is 22.6. The Bertz CT molecular complexity index is 1580. The minimum atomic E-state index is -4.85. The Morgan fingerprint density at radius 3 is 2.20 bits per heavy atom. The van der Waals surface area contributed by atoms with Crippen LogP contribution in [-0.4, -0.2) is 37.9 Å². The first-order chi connectivity index (χ1) is 18.8. The molecular formula is C26H20Cl2F4N2O5S. The van der Waals surface area contributed by atoms with E-state index in [2.05, 4.69) is 10.5 Å². The number of halogens is 6. The molecule has 1 saturated heterocycles. The fraction of sp³-hybridized carbons (Fsp3) is 0.269. The molecular weight excluding hydrogens is 599 g/mol. The second-order valence-electron chi connectivity index (χ2n) is 9.41. The molecule has 0 radical (unpaired) electrons. The van der Waals surface area contributed by atoms with Crippen molar-refractivity contribution in [1.82, 2.24) is 5.32 Å². The Balaban J connectivity index is 0.000000300. The molecule has 0 saturated carbocycles. The maximum absolute atomic E-state index is 14.2. The van der Waals surface area contributed by atoms with Crippen molar-refractivity contribution < 1.29 is 41.5 Å². The molecule has 0 aliphatic carbocycles. The molecule has 3 aromatic rings. The highest BCUT2D eigenvalue weighted by molar-refractivity contribution is 7.85. The van der Waals surface area contributed by atoms with E-state index < -0.39 is 55.3 Å². The molecule has 6 rings (SSSR count). The summed E-state index contributed by atoms with van der Waals surface area (Å²) in [6.45, 7) is 1.75. The van der Waals surface area contributed by atoms with E-state index in [0.717, 1.165) is 23.3 Å². The van der Waals surface area contributed by atoms with E-state index in [1.807, 2.05) is 12.1 Å². The molecule has 7 nitrogen and oxygen atoms in total. The molecule has 14 heteroatoms. The first kappa shape index (κ1) is 28.8. The summed E-state index contributed by atoms with van der Waals surface area (Å²) < 4.78 is 93.0. The van der Waals surface area contributed by atoms with Crippen LogP contribution in [0.15, 0.2) is 70.7 Å². The molecule has 1 N–H and O–H groups in total. The average Bonchev–Trinajstić information content (AvgIpc) is 3.50. The first-order valence-corrected chi connectivity index (χ1v) is 13.9. The minimum absolute atomic E-state index is 0. The van der Waals surface area contributed by atoms with Crippen molar-refractivity contribution >= 4 is 39.0 Å². The number of rotatable bonds is 3. The van der Waals surface area contributed by atoms with Crippen molar-refractivity contribution in [3.05, 3.63) is 98.8 Å². The van der Waals surface area contributed by atoms with Crippen LogP contribution in [0.3, 0.4) is 0 Å². The third kappa shape index (κ3) is 5.08. The smallest absolute Gasteiger partial charge is 0.744 e. The van der Waals surface area contributed by atoms with Gasteiger partial charge in [-0.25, -0.2) is 12.8 Å². The van der Waals surface area contributed by atoms with Crippen LogP contribution < -0.4 is 5.32 Å². The highest BCUT2D eigenvalue weighted by Gasteiger charge is 2.62. The summed E-state index contributed by atoms with van der Waals surface area (Å²) in [5.74, 6) is -0.989. The molecule has 1 atom stereocenters. The van der Waals surface area contributed by atoms with E-state index in [1.54, 1.807) is 12.1 Å². The van der Waals surface area contributed by atoms with Crippen LogP contribution in [0.1, 0.15) is 30.1 Å². The van der Waals surface area contributed by atoms with Crippen molar-refractivity contribution in [1.29, 1.82) is 0 Å². The van der Waals surface area contributed by atoms with Gasteiger partial charge in [0.05, 0.1) is 27.3 Å². The predicted molar refractivity (Wildman–Crippen MR) is 138 cm³/mol. The van der Waals surface area contributed by atoms with E-state index in [9.17, 15) is 30.5 Å². The van der Waals surface area contributed by atoms with Gasteiger partial charge >= 0.3 is 7.60 Å². The first-order valence-electron chi connectivity index (χ1n) is 11.7. The largest absolute Gasteiger partial charge is 1.00 e. The van der Waals surface area contributed by atoms with E-state index in [0.29, 0.717) is 25.3 Å². The lowest BCUT2D eigenvalue weighted by Crippen LogP contribution is -2.56. The molecule has 1 unspecified atom stereocenters. The van der Waals surface area contributed by atoms with Gasteiger partial charge in [-0.3, -0.25) is 0 Å². The lowest BCUT2D eigenvalue weighted by atomic mass is 9.83. The highest BCUT2D eigenvalue weighted by Crippen LogP contribution is 2.50. The van der Waals surface area contributed by atoms with Gasteiger partial charge in [0.1, 0.15) is 15.7 Å². The number of oxime groups is 1. The number of hydrogen-bond donors (Lipinski definition) is 1. The van der Waals surface area contributed by atoms with Crippen molar-refractivity contribution in [2.45, 2.75) is 35.3 Å². The van der Waals surface area contributed by atoms with Crippen LogP contribution in [-0.2, 0) is 37.5 Å². The third-order valence-corrected chi connectivity index (χ3v) is 8.33. The van der Waals surface area contributed by atoms with E-state index in [4.69, 9.17) is 32.8 Å². The Morgan fingerprint density at radius 2 is 1.68 bits per heavy atom. The van der Waals surface area contributed by atoms with E-state index >= 15 is 0 Å². The number of ether oxygens (including phenoxy) is 1. The third-order valence-electron chi connectivity index (χ3n) is 6.93. The van der Waals surface area contributed by atoms with Gasteiger partial charge in [-0.2, -0.15) is 13.2 Å². The van der Waals surface area contributed by atoms with Crippen molar-refractivity contribution in [2.75, 3.05) is 13.1 Å². The Kier molecular flexibility index (Phi) is 7.39. The molecule has 40 heavy (non-hydrogen) atoms. The van der Waals surface area contributed by atoms with Gasteiger partial charge in [-0.15, -0.1) is 0 Å². The predicted octanol–water partition coefficient (Wildman–Crippen LogP) is 5.75. The summed E-state index contributed by atoms with van der Waals surface area (Å²) in [6.07, 6.45) is -5.44. The standard InChI is InChI=1S/C20H14Cl2F4N2O2.C6H6O3S/c21-14-4-12(5-15(22)17(14)23)19(20(24,25)26)6-16(28-30-19)10-1-2-11-7-29-18(8-27-9-18)13(11)3-10;7-10(8,9)6-4-2-1-3-5-6/h1-5,27H,6-9H2;1-5H,(H,7,8,9). The monoisotopic (exact) mass is 618 g/mol. The number of nitrogens with zero attached hydrogens (tertiary/aromatic N) is 1. The molecule has 212 valence electrons. The van der Waals surface area contributed by atoms with Gasteiger partial charge in [0.15, 0.2) is 5.82 Å². The Hall–Kier alpha value is -2.74. The van der Waals surface area contributed by atoms with Gasteiger partial charge in [0.2, 0.25) is 0 Å². The second-order valence-corrected chi connectivity index (χ2v) is 11.6. The van der Waals surface area contributed by atoms with Crippen LogP contribution in [0.4, 0.5) is 17.6 Å². The zero-order valence-electron chi connectivity index (χ0n) is 21.3. The number of hydrogen-bond acceptors (Lipinski definition) is 7. The van der Waals surface area contributed by atoms with Crippen molar-refractivity contribution in [3.8, 4) is 0 Å². The van der Waals surface area contributed by atoms with Crippen molar-refractivity contribution in [3.63, 3.8) is 0 Å². The molecule has 3 aliphatic heterocycles. The van der Waals surface area contributed by atoms with Gasteiger partial charge in [0, 0.05) is 25.1 Å². The minimum Gasteiger partial charge on any atom is -0.744 e. The molecule has 0 bridgehead atoms. The summed E-state index contributed by atoms with van der Waals surface area (Å²) in [7, 11) is -4.25. The van der Waals surface area contributed by atoms with Crippen molar-refractivity contribution in [2.24, 2.45) is 5.16 Å². The lowest BCUT2D eigenvalue weighted by Gasteiger charge is -2.39. The SMILES string of the molecule is Fc1c(Cl)cc(C2(C(F)(F)F)CC(c3ccc4c(c3)C3(CNC3)OC4)=NO2)cc1Cl.O=S(=O)([O-])c1ccccc1.[H+]. The number of fused-ring (bicyclic) bond motifs is 2. The summed E-state index contributed by atoms with van der Waals surface area (Å²) in [5.41, 5.74) is -1.08. The fourth-order valence-corrected chi connectivity index (χ4v) is 5.66. The van der Waals surface area contributed by atoms with Gasteiger partial charge in [-0.1, -0.05) is 58.7 Å². The van der Waals surface area contributed by atoms with Crippen LogP contribution in [0.2, 0.25) is 10.0 Å². The number of alkyl halides is 3. The molecule has 3 aliphatic rings. The normalized spacial score (nSPS) is 21.1. The van der Waals surface area contributed by atoms with Crippen LogP contribution in [0.25, 0.3) is 0 Å². The molecule has 3 aromatic carbocycles. The number of nitrogens with one attached hydrogen (secondary N) is 1. The topological polar surface area (TPSA) is 100 Å². The number of benzene rings is 3. The summed E-state index contributed by atoms with van der Waals surface area (Å²) in [4.78, 5) is 4.81. The molecule has 1 spiro atoms. The highest BCUT2D eigenvalue weighted by atomic mass is 35.5. The fourth-order valence-electron chi connectivity index (χ4n) is 4.68. The quantitative estimate of drug-likeness (QED) is 0.228. The maximum atomic E-state index is 14.2. The van der Waals surface area contributed by atoms with E-state index in [-0.39, 0.29) is 12.0 Å². The maximum Gasteiger partial charge on any atom is 1.00 e. The summed E-state index contributed by atoms with van der Waals surface area (Å²) in [5, 5.41) is 5.88.